The van der Waals surface area contributed by atoms with E-state index < -0.39 is 30.2 Å². The fourth-order valence-corrected chi connectivity index (χ4v) is 5.06. The molecule has 1 saturated carbocycles. The topological polar surface area (TPSA) is 103 Å². The van der Waals surface area contributed by atoms with Gasteiger partial charge in [0.05, 0.1) is 5.39 Å². The van der Waals surface area contributed by atoms with Crippen LogP contribution in [-0.2, 0) is 14.2 Å². The highest BCUT2D eigenvalue weighted by Gasteiger charge is 2.31. The molecule has 0 radical (unpaired) electrons. The molecule has 0 bridgehead atoms. The van der Waals surface area contributed by atoms with Gasteiger partial charge in [0.15, 0.2) is 18.3 Å². The van der Waals surface area contributed by atoms with Crippen molar-refractivity contribution in [3.8, 4) is 5.75 Å². The van der Waals surface area contributed by atoms with E-state index in [2.05, 4.69) is 4.90 Å². The molecule has 1 saturated heterocycles. The van der Waals surface area contributed by atoms with E-state index in [4.69, 9.17) is 18.9 Å². The quantitative estimate of drug-likeness (QED) is 0.433. The van der Waals surface area contributed by atoms with Gasteiger partial charge in [-0.3, -0.25) is 14.5 Å². The number of anilines is 1. The fourth-order valence-electron chi connectivity index (χ4n) is 5.06. The lowest BCUT2D eigenvalue weighted by Crippen LogP contribution is -2.46. The number of rotatable bonds is 5. The van der Waals surface area contributed by atoms with Crippen molar-refractivity contribution in [3.05, 3.63) is 33.9 Å². The van der Waals surface area contributed by atoms with Gasteiger partial charge >= 0.3 is 12.1 Å². The van der Waals surface area contributed by atoms with Gasteiger partial charge < -0.3 is 28.7 Å². The van der Waals surface area contributed by atoms with Crippen LogP contribution in [0.4, 0.5) is 14.9 Å². The van der Waals surface area contributed by atoms with Crippen LogP contribution in [0.2, 0.25) is 0 Å². The molecule has 2 aliphatic heterocycles. The van der Waals surface area contributed by atoms with Crippen LogP contribution in [0.5, 0.6) is 5.75 Å². The van der Waals surface area contributed by atoms with Crippen molar-refractivity contribution in [1.82, 2.24) is 9.58 Å². The molecule has 12 heteroatoms. The fraction of sp³-hybridized carbons (Fsp3) is 0.560. The number of piperazine rings is 1. The van der Waals surface area contributed by atoms with Crippen molar-refractivity contribution in [2.24, 2.45) is 0 Å². The van der Waals surface area contributed by atoms with Gasteiger partial charge in [-0.25, -0.2) is 14.0 Å². The molecule has 0 N–H and O–H groups in total. The molecule has 1 aliphatic carbocycles. The Morgan fingerprint density at radius 1 is 1.08 bits per heavy atom. The highest BCUT2D eigenvalue weighted by molar-refractivity contribution is 5.98. The van der Waals surface area contributed by atoms with E-state index in [9.17, 15) is 14.4 Å². The number of esters is 1. The Hall–Kier alpha value is -3.54. The first-order valence-electron chi connectivity index (χ1n) is 12.5. The van der Waals surface area contributed by atoms with Gasteiger partial charge in [0.2, 0.25) is 12.2 Å². The maximum Gasteiger partial charge on any atom is 0.511 e. The molecule has 0 atom stereocenters. The number of benzene rings is 1. The molecular weight excluding hydrogens is 487 g/mol. The van der Waals surface area contributed by atoms with Crippen LogP contribution in [0.25, 0.3) is 10.9 Å². The number of pyridine rings is 1. The molecule has 0 unspecified atom stereocenters. The van der Waals surface area contributed by atoms with Crippen LogP contribution in [0.15, 0.2) is 17.1 Å². The van der Waals surface area contributed by atoms with E-state index >= 15 is 4.39 Å². The zero-order valence-electron chi connectivity index (χ0n) is 21.0. The standard InChI is InChI=1S/C25H31FN4O7/c1-27-8-10-29(11-9-27)21-19(26)12-17-20-23(21)34-14-28(2)30(20)13-18(22(17)31)24(32)35-15-36-25(33)37-16-6-4-3-5-7-16/h12-13,16H,3-11,14-15H2,1-2H3. The molecule has 0 amide bonds. The first-order valence-corrected chi connectivity index (χ1v) is 12.5. The Balaban J connectivity index is 1.38. The third kappa shape index (κ3) is 5.02. The summed E-state index contributed by atoms with van der Waals surface area (Å²) in [6.45, 7) is 2.14. The molecule has 200 valence electrons. The second-order valence-electron chi connectivity index (χ2n) is 9.69. The number of hydrogen-bond acceptors (Lipinski definition) is 10. The summed E-state index contributed by atoms with van der Waals surface area (Å²) < 4.78 is 38.0. The molecule has 11 nitrogen and oxygen atoms in total. The molecule has 37 heavy (non-hydrogen) atoms. The molecule has 2 fully saturated rings. The van der Waals surface area contributed by atoms with E-state index in [1.807, 2.05) is 11.9 Å². The molecule has 3 heterocycles. The summed E-state index contributed by atoms with van der Waals surface area (Å²) in [4.78, 5) is 42.0. The van der Waals surface area contributed by atoms with Crippen LogP contribution in [0.1, 0.15) is 42.5 Å². The van der Waals surface area contributed by atoms with Crippen molar-refractivity contribution in [1.29, 1.82) is 0 Å². The minimum Gasteiger partial charge on any atom is -0.467 e. The van der Waals surface area contributed by atoms with Gasteiger partial charge in [0.25, 0.3) is 0 Å². The van der Waals surface area contributed by atoms with Crippen LogP contribution in [-0.4, -0.2) is 81.6 Å². The van der Waals surface area contributed by atoms with Crippen LogP contribution in [0.3, 0.4) is 0 Å². The number of aromatic nitrogens is 1. The summed E-state index contributed by atoms with van der Waals surface area (Å²) in [7, 11) is 3.72. The maximum atomic E-state index is 15.4. The van der Waals surface area contributed by atoms with Crippen LogP contribution < -0.4 is 20.1 Å². The summed E-state index contributed by atoms with van der Waals surface area (Å²) in [6.07, 6.45) is 4.85. The smallest absolute Gasteiger partial charge is 0.467 e. The average Bonchev–Trinajstić information content (AvgIpc) is 2.88. The minimum atomic E-state index is -0.994. The highest BCUT2D eigenvalue weighted by Crippen LogP contribution is 2.40. The van der Waals surface area contributed by atoms with E-state index in [1.54, 1.807) is 16.7 Å². The maximum absolute atomic E-state index is 15.4. The summed E-state index contributed by atoms with van der Waals surface area (Å²) in [5.74, 6) is -1.32. The van der Waals surface area contributed by atoms with Crippen LogP contribution in [0, 0.1) is 5.82 Å². The Bertz CT molecular complexity index is 1250. The lowest BCUT2D eigenvalue weighted by atomic mass is 9.98. The summed E-state index contributed by atoms with van der Waals surface area (Å²) in [6, 6.07) is 1.14. The van der Waals surface area contributed by atoms with Gasteiger partial charge in [-0.15, -0.1) is 0 Å². The Morgan fingerprint density at radius 2 is 1.81 bits per heavy atom. The zero-order chi connectivity index (χ0) is 26.1. The normalized spacial score (nSPS) is 18.5. The van der Waals surface area contributed by atoms with E-state index in [-0.39, 0.29) is 29.5 Å². The van der Waals surface area contributed by atoms with Crippen molar-refractivity contribution in [3.63, 3.8) is 0 Å². The van der Waals surface area contributed by atoms with E-state index in [0.717, 1.165) is 51.3 Å². The molecule has 1 aromatic heterocycles. The predicted molar refractivity (Wildman–Crippen MR) is 132 cm³/mol. The van der Waals surface area contributed by atoms with Gasteiger partial charge in [-0.05, 0) is 38.8 Å². The van der Waals surface area contributed by atoms with E-state index in [1.165, 1.54) is 6.20 Å². The zero-order valence-corrected chi connectivity index (χ0v) is 21.0. The number of hydrogen-bond donors (Lipinski definition) is 0. The number of nitrogens with zero attached hydrogens (tertiary/aromatic N) is 4. The average molecular weight is 519 g/mol. The highest BCUT2D eigenvalue weighted by atomic mass is 19.1. The van der Waals surface area contributed by atoms with E-state index in [0.29, 0.717) is 24.3 Å². The number of likely N-dealkylation sites (N-methyl/N-ethyl adjacent to an activating group) is 1. The largest absolute Gasteiger partial charge is 0.511 e. The van der Waals surface area contributed by atoms with Crippen molar-refractivity contribution >= 4 is 28.7 Å². The summed E-state index contributed by atoms with van der Waals surface area (Å²) in [5.41, 5.74) is -0.340. The molecule has 1 aromatic carbocycles. The summed E-state index contributed by atoms with van der Waals surface area (Å²) in [5, 5.41) is 1.64. The van der Waals surface area contributed by atoms with Gasteiger partial charge in [0.1, 0.15) is 22.9 Å². The SMILES string of the molecule is CN1CCN(c2c(F)cc3c(=O)c(C(=O)OCOC(=O)OC4CCCCC4)cn4c3c2OCN4C)CC1. The lowest BCUT2D eigenvalue weighted by Gasteiger charge is -2.37. The van der Waals surface area contributed by atoms with Crippen LogP contribution >= 0.6 is 0 Å². The molecule has 0 spiro atoms. The predicted octanol–water partition coefficient (Wildman–Crippen LogP) is 2.41. The van der Waals surface area contributed by atoms with Gasteiger partial charge in [0, 0.05) is 39.4 Å². The van der Waals surface area contributed by atoms with Gasteiger partial charge in [-0.1, -0.05) is 6.42 Å². The summed E-state index contributed by atoms with van der Waals surface area (Å²) >= 11 is 0. The first-order chi connectivity index (χ1) is 17.8. The first kappa shape index (κ1) is 25.1. The second kappa shape index (κ2) is 10.4. The number of carbonyl (C=O) groups excluding carboxylic acids is 2. The second-order valence-corrected chi connectivity index (χ2v) is 9.69. The third-order valence-corrected chi connectivity index (χ3v) is 7.14. The molecule has 3 aliphatic rings. The lowest BCUT2D eigenvalue weighted by molar-refractivity contribution is -0.0430. The molecule has 2 aromatic rings. The Kier molecular flexibility index (Phi) is 7.09. The third-order valence-electron chi connectivity index (χ3n) is 7.14. The van der Waals surface area contributed by atoms with Gasteiger partial charge in [-0.2, -0.15) is 0 Å². The molecule has 5 rings (SSSR count). The molecular formula is C25H31FN4O7. The number of halogens is 1. The monoisotopic (exact) mass is 518 g/mol. The number of ether oxygens (including phenoxy) is 4. The van der Waals surface area contributed by atoms with Crippen molar-refractivity contribution in [2.75, 3.05) is 63.7 Å². The van der Waals surface area contributed by atoms with Crippen molar-refractivity contribution < 1.29 is 32.9 Å². The minimum absolute atomic E-state index is 0.0102. The Morgan fingerprint density at radius 3 is 2.54 bits per heavy atom. The number of carbonyl (C=O) groups is 2. The van der Waals surface area contributed by atoms with Crippen molar-refractivity contribution in [2.45, 2.75) is 38.2 Å². The Labute approximate surface area is 213 Å².